The highest BCUT2D eigenvalue weighted by molar-refractivity contribution is 6.00. The number of aromatic hydroxyl groups is 1. The lowest BCUT2D eigenvalue weighted by Crippen LogP contribution is -2.13. The molecule has 1 rings (SSSR count). The van der Waals surface area contributed by atoms with E-state index in [9.17, 15) is 9.90 Å². The molecular formula is C11H15N3O3. The fourth-order valence-corrected chi connectivity index (χ4v) is 1.16. The van der Waals surface area contributed by atoms with Crippen molar-refractivity contribution in [2.75, 3.05) is 24.2 Å². The molecule has 92 valence electrons. The van der Waals surface area contributed by atoms with E-state index in [-0.39, 0.29) is 18.0 Å². The second-order valence-corrected chi connectivity index (χ2v) is 3.24. The monoisotopic (exact) mass is 237 g/mol. The molecule has 1 amide bonds. The van der Waals surface area contributed by atoms with Gasteiger partial charge in [0.2, 0.25) is 5.91 Å². The molecule has 0 spiro atoms. The summed E-state index contributed by atoms with van der Waals surface area (Å²) >= 11 is 0. The summed E-state index contributed by atoms with van der Waals surface area (Å²) in [6.45, 7) is 3.92. The van der Waals surface area contributed by atoms with Crippen LogP contribution in [0, 0.1) is 0 Å². The van der Waals surface area contributed by atoms with Gasteiger partial charge in [-0.25, -0.2) is 0 Å². The summed E-state index contributed by atoms with van der Waals surface area (Å²) in [5.74, 6) is -0.210. The lowest BCUT2D eigenvalue weighted by molar-refractivity contribution is -0.111. The lowest BCUT2D eigenvalue weighted by Gasteiger charge is -2.12. The molecule has 1 aromatic rings. The van der Waals surface area contributed by atoms with Crippen molar-refractivity contribution in [2.24, 2.45) is 5.73 Å². The number of hydrogen-bond donors (Lipinski definition) is 4. The second kappa shape index (κ2) is 5.76. The smallest absolute Gasteiger partial charge is 0.247 e. The number of rotatable bonds is 5. The predicted molar refractivity (Wildman–Crippen MR) is 65.9 cm³/mol. The first kappa shape index (κ1) is 12.9. The molecule has 0 aliphatic carbocycles. The van der Waals surface area contributed by atoms with E-state index in [1.807, 2.05) is 0 Å². The molecule has 6 N–H and O–H groups in total. The number of benzene rings is 1. The van der Waals surface area contributed by atoms with Gasteiger partial charge in [-0.2, -0.15) is 0 Å². The van der Waals surface area contributed by atoms with Crippen molar-refractivity contribution in [2.45, 2.75) is 0 Å². The Hall–Kier alpha value is -2.21. The number of nitrogens with two attached hydrogens (primary N) is 2. The van der Waals surface area contributed by atoms with Crippen LogP contribution in [0.5, 0.6) is 11.5 Å². The van der Waals surface area contributed by atoms with Crippen LogP contribution < -0.4 is 21.5 Å². The van der Waals surface area contributed by atoms with E-state index in [1.165, 1.54) is 12.1 Å². The van der Waals surface area contributed by atoms with Gasteiger partial charge in [0.25, 0.3) is 0 Å². The Morgan fingerprint density at radius 2 is 2.29 bits per heavy atom. The number of phenolic OH excluding ortho intramolecular Hbond substituents is 1. The first-order valence-corrected chi connectivity index (χ1v) is 4.97. The Labute approximate surface area is 98.9 Å². The number of phenols is 1. The van der Waals surface area contributed by atoms with Crippen LogP contribution in [0.15, 0.2) is 24.8 Å². The van der Waals surface area contributed by atoms with Gasteiger partial charge in [-0.1, -0.05) is 6.58 Å². The Bertz CT molecular complexity index is 432. The minimum atomic E-state index is -0.396. The number of carbonyl (C=O) groups excluding carboxylic acids is 1. The van der Waals surface area contributed by atoms with Crippen LogP contribution in [-0.2, 0) is 4.79 Å². The molecule has 0 aliphatic heterocycles. The quantitative estimate of drug-likeness (QED) is 0.257. The van der Waals surface area contributed by atoms with Gasteiger partial charge >= 0.3 is 0 Å². The Balaban J connectivity index is 3.02. The van der Waals surface area contributed by atoms with Gasteiger partial charge in [0, 0.05) is 12.6 Å². The summed E-state index contributed by atoms with van der Waals surface area (Å²) in [6, 6.07) is 2.73. The van der Waals surface area contributed by atoms with E-state index in [4.69, 9.17) is 16.2 Å². The molecule has 0 aromatic heterocycles. The number of nitrogens with one attached hydrogen (secondary N) is 1. The van der Waals surface area contributed by atoms with Crippen molar-refractivity contribution >= 4 is 17.3 Å². The summed E-state index contributed by atoms with van der Waals surface area (Å²) in [5.41, 5.74) is 11.3. The lowest BCUT2D eigenvalue weighted by atomic mass is 10.2. The molecule has 1 aromatic carbocycles. The average molecular weight is 237 g/mol. The van der Waals surface area contributed by atoms with Crippen molar-refractivity contribution in [3.05, 3.63) is 24.8 Å². The van der Waals surface area contributed by atoms with E-state index < -0.39 is 5.91 Å². The zero-order valence-corrected chi connectivity index (χ0v) is 9.27. The molecule has 6 heteroatoms. The molecule has 0 unspecified atom stereocenters. The predicted octanol–water partition coefficient (Wildman–Crippen LogP) is 0.436. The average Bonchev–Trinajstić information content (AvgIpc) is 2.31. The number of nitrogen functional groups attached to an aromatic ring is 1. The van der Waals surface area contributed by atoms with Gasteiger partial charge in [0.1, 0.15) is 18.1 Å². The maximum absolute atomic E-state index is 11.2. The zero-order chi connectivity index (χ0) is 12.8. The summed E-state index contributed by atoms with van der Waals surface area (Å²) in [6.07, 6.45) is 1.12. The van der Waals surface area contributed by atoms with Crippen LogP contribution in [0.4, 0.5) is 11.4 Å². The standard InChI is InChI=1S/C11H15N3O3/c1-2-11(16)14-8-5-7(13)9(15)6-10(8)17-4-3-12/h2,5-6,15H,1,3-4,12-13H2,(H,14,16). The number of hydrogen-bond acceptors (Lipinski definition) is 5. The highest BCUT2D eigenvalue weighted by Crippen LogP contribution is 2.34. The molecule has 0 bridgehead atoms. The number of carbonyl (C=O) groups is 1. The highest BCUT2D eigenvalue weighted by Gasteiger charge is 2.10. The van der Waals surface area contributed by atoms with Gasteiger partial charge in [0.15, 0.2) is 0 Å². The molecule has 17 heavy (non-hydrogen) atoms. The summed E-state index contributed by atoms with van der Waals surface area (Å²) in [4.78, 5) is 11.2. The van der Waals surface area contributed by atoms with Crippen LogP contribution in [0.3, 0.4) is 0 Å². The normalized spacial score (nSPS) is 9.71. The molecule has 0 saturated carbocycles. The van der Waals surface area contributed by atoms with Gasteiger partial charge in [-0.15, -0.1) is 0 Å². The van der Waals surface area contributed by atoms with Crippen LogP contribution >= 0.6 is 0 Å². The maximum atomic E-state index is 11.2. The molecule has 0 fully saturated rings. The zero-order valence-electron chi connectivity index (χ0n) is 9.27. The summed E-state index contributed by atoms with van der Waals surface area (Å²) in [7, 11) is 0. The van der Waals surface area contributed by atoms with Gasteiger partial charge in [-0.05, 0) is 12.1 Å². The third-order valence-corrected chi connectivity index (χ3v) is 1.95. The number of ether oxygens (including phenoxy) is 1. The van der Waals surface area contributed by atoms with Crippen LogP contribution in [0.25, 0.3) is 0 Å². The fraction of sp³-hybridized carbons (Fsp3) is 0.182. The minimum Gasteiger partial charge on any atom is -0.506 e. The topological polar surface area (TPSA) is 111 Å². The Morgan fingerprint density at radius 1 is 1.59 bits per heavy atom. The van der Waals surface area contributed by atoms with Gasteiger partial charge < -0.3 is 26.6 Å². The van der Waals surface area contributed by atoms with Crippen LogP contribution in [0.2, 0.25) is 0 Å². The third kappa shape index (κ3) is 3.39. The van der Waals surface area contributed by atoms with E-state index in [2.05, 4.69) is 11.9 Å². The SMILES string of the molecule is C=CC(=O)Nc1cc(N)c(O)cc1OCCN. The second-order valence-electron chi connectivity index (χ2n) is 3.24. The van der Waals surface area contributed by atoms with E-state index in [0.29, 0.717) is 18.0 Å². The van der Waals surface area contributed by atoms with Crippen LogP contribution in [0.1, 0.15) is 0 Å². The fourth-order valence-electron chi connectivity index (χ4n) is 1.16. The van der Waals surface area contributed by atoms with E-state index in [0.717, 1.165) is 6.08 Å². The van der Waals surface area contributed by atoms with Crippen molar-refractivity contribution in [1.29, 1.82) is 0 Å². The Kier molecular flexibility index (Phi) is 4.36. The van der Waals surface area contributed by atoms with Crippen molar-refractivity contribution in [3.8, 4) is 11.5 Å². The highest BCUT2D eigenvalue weighted by atomic mass is 16.5. The first-order valence-electron chi connectivity index (χ1n) is 4.97. The van der Waals surface area contributed by atoms with Gasteiger partial charge in [0.05, 0.1) is 11.4 Å². The van der Waals surface area contributed by atoms with Crippen molar-refractivity contribution in [3.63, 3.8) is 0 Å². The van der Waals surface area contributed by atoms with Crippen molar-refractivity contribution in [1.82, 2.24) is 0 Å². The van der Waals surface area contributed by atoms with E-state index >= 15 is 0 Å². The Morgan fingerprint density at radius 3 is 2.88 bits per heavy atom. The largest absolute Gasteiger partial charge is 0.506 e. The minimum absolute atomic E-state index is 0.117. The molecule has 0 radical (unpaired) electrons. The number of anilines is 2. The maximum Gasteiger partial charge on any atom is 0.247 e. The summed E-state index contributed by atoms with van der Waals surface area (Å²) < 4.78 is 5.28. The van der Waals surface area contributed by atoms with Crippen molar-refractivity contribution < 1.29 is 14.6 Å². The molecule has 0 aliphatic rings. The summed E-state index contributed by atoms with van der Waals surface area (Å²) in [5, 5.41) is 12.0. The molecule has 0 atom stereocenters. The van der Waals surface area contributed by atoms with Crippen LogP contribution in [-0.4, -0.2) is 24.2 Å². The first-order chi connectivity index (χ1) is 8.08. The molecular weight excluding hydrogens is 222 g/mol. The van der Waals surface area contributed by atoms with Gasteiger partial charge in [-0.3, -0.25) is 4.79 Å². The third-order valence-electron chi connectivity index (χ3n) is 1.95. The number of amides is 1. The molecule has 0 heterocycles. The molecule has 6 nitrogen and oxygen atoms in total. The van der Waals surface area contributed by atoms with E-state index in [1.54, 1.807) is 0 Å². The molecule has 0 saturated heterocycles.